The van der Waals surface area contributed by atoms with Crippen molar-refractivity contribution in [1.82, 2.24) is 19.9 Å². The Balaban J connectivity index is 1.84. The first-order valence-electron chi connectivity index (χ1n) is 7.44. The third kappa shape index (κ3) is 3.05. The maximum atomic E-state index is 12.9. The fraction of sp³-hybridized carbons (Fsp3) is 0.312. The molecule has 0 aliphatic carbocycles. The average molecular weight is 333 g/mol. The van der Waals surface area contributed by atoms with Gasteiger partial charge >= 0.3 is 6.55 Å². The summed E-state index contributed by atoms with van der Waals surface area (Å²) in [5, 5.41) is 7.80. The van der Waals surface area contributed by atoms with Crippen LogP contribution >= 0.6 is 0 Å². The fourth-order valence-electron chi connectivity index (χ4n) is 2.53. The van der Waals surface area contributed by atoms with Gasteiger partial charge in [0.2, 0.25) is 11.7 Å². The van der Waals surface area contributed by atoms with E-state index in [1.807, 2.05) is 24.3 Å². The zero-order valence-corrected chi connectivity index (χ0v) is 13.3. The van der Waals surface area contributed by atoms with Gasteiger partial charge < -0.3 is 10.3 Å². The molecule has 24 heavy (non-hydrogen) atoms. The van der Waals surface area contributed by atoms with Crippen LogP contribution < -0.4 is 5.73 Å². The topological polar surface area (TPSA) is 82.8 Å². The van der Waals surface area contributed by atoms with Gasteiger partial charge in [0.05, 0.1) is 12.1 Å². The molecule has 0 radical (unpaired) electrons. The molecular formula is C16H17F2N5O. The van der Waals surface area contributed by atoms with Crippen LogP contribution in [-0.2, 0) is 13.0 Å². The first-order valence-corrected chi connectivity index (χ1v) is 7.44. The van der Waals surface area contributed by atoms with Crippen molar-refractivity contribution < 1.29 is 13.3 Å². The number of aryl methyl sites for hydroxylation is 1. The Labute approximate surface area is 137 Å². The molecule has 0 spiro atoms. The summed E-state index contributed by atoms with van der Waals surface area (Å²) in [6.45, 7) is 1.08. The Morgan fingerprint density at radius 1 is 1.21 bits per heavy atom. The first kappa shape index (κ1) is 16.3. The van der Waals surface area contributed by atoms with Crippen molar-refractivity contribution >= 4 is 0 Å². The molecule has 0 atom stereocenters. The Morgan fingerprint density at radius 3 is 2.50 bits per heavy atom. The Kier molecular flexibility index (Phi) is 4.39. The summed E-state index contributed by atoms with van der Waals surface area (Å²) in [6.07, 6.45) is 0.262. The number of nitrogens with zero attached hydrogens (tertiary/aromatic N) is 4. The highest BCUT2D eigenvalue weighted by atomic mass is 19.3. The molecule has 0 aliphatic heterocycles. The number of hydrogen-bond donors (Lipinski definition) is 1. The van der Waals surface area contributed by atoms with Gasteiger partial charge in [-0.3, -0.25) is 0 Å². The monoisotopic (exact) mass is 333 g/mol. The number of halogens is 2. The quantitative estimate of drug-likeness (QED) is 0.776. The van der Waals surface area contributed by atoms with Crippen LogP contribution in [0.1, 0.15) is 35.0 Å². The van der Waals surface area contributed by atoms with E-state index in [-0.39, 0.29) is 6.42 Å². The van der Waals surface area contributed by atoms with Crippen LogP contribution in [0.5, 0.6) is 0 Å². The van der Waals surface area contributed by atoms with Crippen molar-refractivity contribution in [2.24, 2.45) is 5.73 Å². The van der Waals surface area contributed by atoms with Crippen molar-refractivity contribution in [1.29, 1.82) is 0 Å². The number of benzene rings is 1. The molecular weight excluding hydrogens is 316 g/mol. The van der Waals surface area contributed by atoms with E-state index >= 15 is 0 Å². The molecule has 3 rings (SSSR count). The molecule has 2 heterocycles. The van der Waals surface area contributed by atoms with Crippen molar-refractivity contribution in [3.05, 3.63) is 52.7 Å². The highest BCUT2D eigenvalue weighted by Gasteiger charge is 2.19. The largest absolute Gasteiger partial charge is 0.339 e. The molecule has 0 unspecified atom stereocenters. The third-order valence-electron chi connectivity index (χ3n) is 3.90. The second-order valence-corrected chi connectivity index (χ2v) is 5.46. The lowest BCUT2D eigenvalue weighted by Crippen LogP contribution is -2.03. The minimum atomic E-state index is -2.67. The fourth-order valence-corrected chi connectivity index (χ4v) is 2.53. The van der Waals surface area contributed by atoms with Gasteiger partial charge in [-0.15, -0.1) is 0 Å². The highest BCUT2D eigenvalue weighted by Crippen LogP contribution is 2.23. The molecule has 0 amide bonds. The predicted octanol–water partition coefficient (Wildman–Crippen LogP) is 2.99. The van der Waals surface area contributed by atoms with E-state index in [1.54, 1.807) is 13.8 Å². The molecule has 126 valence electrons. The number of aromatic nitrogens is 4. The molecule has 1 aromatic carbocycles. The number of rotatable bonds is 5. The SMILES string of the molecule is Cc1nn(C(F)F)c(C)c1Cc1nc(-c2ccc(CN)cc2)no1. The summed E-state index contributed by atoms with van der Waals surface area (Å²) in [7, 11) is 0. The van der Waals surface area contributed by atoms with Crippen LogP contribution in [0.4, 0.5) is 8.78 Å². The second kappa shape index (κ2) is 6.48. The molecule has 3 aromatic rings. The molecule has 2 N–H and O–H groups in total. The van der Waals surface area contributed by atoms with Crippen molar-refractivity contribution in [2.75, 3.05) is 0 Å². The van der Waals surface area contributed by atoms with E-state index in [0.29, 0.717) is 39.9 Å². The Bertz CT molecular complexity index is 839. The minimum Gasteiger partial charge on any atom is -0.339 e. The van der Waals surface area contributed by atoms with E-state index in [4.69, 9.17) is 10.3 Å². The van der Waals surface area contributed by atoms with E-state index in [1.165, 1.54) is 0 Å². The zero-order chi connectivity index (χ0) is 17.3. The summed E-state index contributed by atoms with van der Waals surface area (Å²) in [6, 6.07) is 7.52. The molecule has 0 saturated heterocycles. The third-order valence-corrected chi connectivity index (χ3v) is 3.90. The number of alkyl halides is 2. The van der Waals surface area contributed by atoms with Crippen molar-refractivity contribution in [3.8, 4) is 11.4 Å². The summed E-state index contributed by atoms with van der Waals surface area (Å²) in [5.41, 5.74) is 8.98. The Morgan fingerprint density at radius 2 is 1.92 bits per heavy atom. The summed E-state index contributed by atoms with van der Waals surface area (Å²) < 4.78 is 31.7. The zero-order valence-electron chi connectivity index (χ0n) is 13.3. The van der Waals surface area contributed by atoms with Gasteiger partial charge in [-0.05, 0) is 19.4 Å². The normalized spacial score (nSPS) is 11.4. The molecule has 0 fully saturated rings. The predicted molar refractivity (Wildman–Crippen MR) is 83.4 cm³/mol. The standard InChI is InChI=1S/C16H17F2N5O/c1-9-13(10(2)23(21-9)16(17)18)7-14-20-15(22-24-14)12-5-3-11(8-19)4-6-12/h3-6,16H,7-8,19H2,1-2H3. The number of nitrogens with two attached hydrogens (primary N) is 1. The van der Waals surface area contributed by atoms with Gasteiger partial charge in [0.15, 0.2) is 0 Å². The van der Waals surface area contributed by atoms with E-state index in [9.17, 15) is 8.78 Å². The van der Waals surface area contributed by atoms with Crippen LogP contribution in [0.15, 0.2) is 28.8 Å². The summed E-state index contributed by atoms with van der Waals surface area (Å²) in [4.78, 5) is 4.33. The second-order valence-electron chi connectivity index (χ2n) is 5.46. The summed E-state index contributed by atoms with van der Waals surface area (Å²) in [5.74, 6) is 0.804. The Hall–Kier alpha value is -2.61. The van der Waals surface area contributed by atoms with Gasteiger partial charge in [-0.2, -0.15) is 18.9 Å². The van der Waals surface area contributed by atoms with Gasteiger partial charge in [-0.25, -0.2) is 4.68 Å². The van der Waals surface area contributed by atoms with Crippen LogP contribution in [0.25, 0.3) is 11.4 Å². The van der Waals surface area contributed by atoms with Crippen molar-refractivity contribution in [3.63, 3.8) is 0 Å². The van der Waals surface area contributed by atoms with Crippen molar-refractivity contribution in [2.45, 2.75) is 33.4 Å². The molecule has 0 bridgehead atoms. The lowest BCUT2D eigenvalue weighted by molar-refractivity contribution is 0.0540. The summed E-state index contributed by atoms with van der Waals surface area (Å²) >= 11 is 0. The van der Waals surface area contributed by atoms with E-state index in [0.717, 1.165) is 11.1 Å². The first-order chi connectivity index (χ1) is 11.5. The minimum absolute atomic E-state index is 0.262. The maximum Gasteiger partial charge on any atom is 0.333 e. The maximum absolute atomic E-state index is 12.9. The molecule has 8 heteroatoms. The van der Waals surface area contributed by atoms with Gasteiger partial charge in [0, 0.05) is 23.4 Å². The van der Waals surface area contributed by atoms with Crippen LogP contribution in [0.2, 0.25) is 0 Å². The molecule has 0 saturated carbocycles. The highest BCUT2D eigenvalue weighted by molar-refractivity contribution is 5.54. The average Bonchev–Trinajstić information content (AvgIpc) is 3.15. The van der Waals surface area contributed by atoms with Gasteiger partial charge in [0.25, 0.3) is 0 Å². The molecule has 2 aromatic heterocycles. The van der Waals surface area contributed by atoms with Crippen LogP contribution in [-0.4, -0.2) is 19.9 Å². The van der Waals surface area contributed by atoms with Crippen LogP contribution in [0.3, 0.4) is 0 Å². The van der Waals surface area contributed by atoms with Crippen LogP contribution in [0, 0.1) is 13.8 Å². The van der Waals surface area contributed by atoms with Gasteiger partial charge in [-0.1, -0.05) is 29.4 Å². The van der Waals surface area contributed by atoms with Gasteiger partial charge in [0.1, 0.15) is 0 Å². The van der Waals surface area contributed by atoms with E-state index in [2.05, 4.69) is 15.2 Å². The smallest absolute Gasteiger partial charge is 0.333 e. The number of hydrogen-bond acceptors (Lipinski definition) is 5. The lowest BCUT2D eigenvalue weighted by Gasteiger charge is -2.02. The molecule has 0 aliphatic rings. The lowest BCUT2D eigenvalue weighted by atomic mass is 10.1. The van der Waals surface area contributed by atoms with E-state index < -0.39 is 6.55 Å². The molecule has 6 nitrogen and oxygen atoms in total.